The van der Waals surface area contributed by atoms with E-state index in [-0.39, 0.29) is 6.04 Å². The van der Waals surface area contributed by atoms with Gasteiger partial charge in [-0.2, -0.15) is 4.37 Å². The predicted molar refractivity (Wildman–Crippen MR) is 77.5 cm³/mol. The lowest BCUT2D eigenvalue weighted by Crippen LogP contribution is -2.04. The molecule has 0 bridgehead atoms. The number of nitrogens with zero attached hydrogens (tertiary/aromatic N) is 2. The first kappa shape index (κ1) is 13.8. The summed E-state index contributed by atoms with van der Waals surface area (Å²) in [5.41, 5.74) is 6.86. The third-order valence-corrected chi connectivity index (χ3v) is 4.73. The maximum absolute atomic E-state index is 6.24. The van der Waals surface area contributed by atoms with Gasteiger partial charge in [0.2, 0.25) is 0 Å². The van der Waals surface area contributed by atoms with E-state index in [9.17, 15) is 0 Å². The number of nitrogens with two attached hydrogens (primary N) is 1. The van der Waals surface area contributed by atoms with Gasteiger partial charge in [-0.1, -0.05) is 36.4 Å². The molecule has 2 rings (SSSR count). The summed E-state index contributed by atoms with van der Waals surface area (Å²) in [6.45, 7) is 3.98. The molecule has 1 aromatic carbocycles. The molecule has 96 valence electrons. The molecule has 0 saturated carbocycles. The zero-order valence-corrected chi connectivity index (χ0v) is 12.6. The predicted octanol–water partition coefficient (Wildman–Crippen LogP) is 3.92. The Morgan fingerprint density at radius 3 is 2.83 bits per heavy atom. The number of aryl methyl sites for hydroxylation is 1. The van der Waals surface area contributed by atoms with Crippen molar-refractivity contribution in [3.8, 4) is 0 Å². The molecule has 0 amide bonds. The van der Waals surface area contributed by atoms with Crippen LogP contribution in [0.5, 0.6) is 0 Å². The molecule has 0 saturated heterocycles. The van der Waals surface area contributed by atoms with Gasteiger partial charge in [0.1, 0.15) is 5.82 Å². The van der Waals surface area contributed by atoms with E-state index in [1.807, 2.05) is 32.0 Å². The van der Waals surface area contributed by atoms with Crippen molar-refractivity contribution < 1.29 is 0 Å². The third kappa shape index (κ3) is 3.23. The molecule has 1 aromatic heterocycles. The van der Waals surface area contributed by atoms with Gasteiger partial charge in [-0.3, -0.25) is 0 Å². The van der Waals surface area contributed by atoms with E-state index in [2.05, 4.69) is 9.36 Å². The molecule has 2 aromatic rings. The fraction of sp³-hybridized carbons (Fsp3) is 0.333. The molecular formula is C12H14ClN3S2. The highest BCUT2D eigenvalue weighted by Crippen LogP contribution is 2.35. The lowest BCUT2D eigenvalue weighted by molar-refractivity contribution is 0.817. The molecule has 1 atom stereocenters. The van der Waals surface area contributed by atoms with E-state index >= 15 is 0 Å². The lowest BCUT2D eigenvalue weighted by atomic mass is 10.1. The topological polar surface area (TPSA) is 51.8 Å². The van der Waals surface area contributed by atoms with Gasteiger partial charge in [0.05, 0.1) is 5.02 Å². The number of hydrogen-bond acceptors (Lipinski definition) is 5. The maximum Gasteiger partial charge on any atom is 0.174 e. The molecule has 0 unspecified atom stereocenters. The van der Waals surface area contributed by atoms with Crippen LogP contribution in [0.4, 0.5) is 0 Å². The first-order valence-corrected chi connectivity index (χ1v) is 7.62. The van der Waals surface area contributed by atoms with Crippen LogP contribution in [0, 0.1) is 0 Å². The van der Waals surface area contributed by atoms with E-state index in [0.717, 1.165) is 27.0 Å². The van der Waals surface area contributed by atoms with E-state index in [0.29, 0.717) is 5.02 Å². The van der Waals surface area contributed by atoms with E-state index in [1.54, 1.807) is 11.8 Å². The van der Waals surface area contributed by atoms with Crippen molar-refractivity contribution in [1.82, 2.24) is 9.36 Å². The van der Waals surface area contributed by atoms with Crippen LogP contribution < -0.4 is 5.73 Å². The minimum atomic E-state index is -0.00484. The monoisotopic (exact) mass is 299 g/mol. The Kier molecular flexibility index (Phi) is 4.61. The fourth-order valence-corrected chi connectivity index (χ4v) is 3.37. The smallest absolute Gasteiger partial charge is 0.174 e. The minimum Gasteiger partial charge on any atom is -0.324 e. The second-order valence-electron chi connectivity index (χ2n) is 3.91. The average molecular weight is 300 g/mol. The molecule has 0 aliphatic heterocycles. The summed E-state index contributed by atoms with van der Waals surface area (Å²) in [4.78, 5) is 5.40. The average Bonchev–Trinajstić information content (AvgIpc) is 2.79. The van der Waals surface area contributed by atoms with Crippen molar-refractivity contribution >= 4 is 34.9 Å². The summed E-state index contributed by atoms with van der Waals surface area (Å²) in [5.74, 6) is 0.880. The van der Waals surface area contributed by atoms with Crippen LogP contribution in [-0.4, -0.2) is 9.36 Å². The van der Waals surface area contributed by atoms with Crippen LogP contribution in [0.15, 0.2) is 27.4 Å². The van der Waals surface area contributed by atoms with Gasteiger partial charge < -0.3 is 5.73 Å². The maximum atomic E-state index is 6.24. The van der Waals surface area contributed by atoms with Crippen LogP contribution in [0.2, 0.25) is 5.02 Å². The van der Waals surface area contributed by atoms with Crippen LogP contribution in [-0.2, 0) is 6.42 Å². The van der Waals surface area contributed by atoms with Gasteiger partial charge >= 0.3 is 0 Å². The Bertz CT molecular complexity index is 540. The summed E-state index contributed by atoms with van der Waals surface area (Å²) in [6, 6.07) is 5.89. The van der Waals surface area contributed by atoms with Gasteiger partial charge in [-0.25, -0.2) is 4.98 Å². The van der Waals surface area contributed by atoms with Gasteiger partial charge in [-0.15, -0.1) is 0 Å². The Morgan fingerprint density at radius 2 is 2.28 bits per heavy atom. The highest BCUT2D eigenvalue weighted by molar-refractivity contribution is 8.01. The molecule has 0 fully saturated rings. The Labute approximate surface area is 120 Å². The highest BCUT2D eigenvalue weighted by atomic mass is 35.5. The first-order chi connectivity index (χ1) is 8.60. The number of rotatable bonds is 4. The normalized spacial score (nSPS) is 12.7. The molecule has 6 heteroatoms. The molecule has 0 radical (unpaired) electrons. The van der Waals surface area contributed by atoms with Crippen LogP contribution in [0.3, 0.4) is 0 Å². The standard InChI is InChI=1S/C12H14ClN3S2/c1-3-11-15-12(18-16-11)17-10-5-4-8(7(2)14)6-9(10)13/h4-7H,3,14H2,1-2H3/t7-/m0/s1. The largest absolute Gasteiger partial charge is 0.324 e. The van der Waals surface area contributed by atoms with Gasteiger partial charge in [0, 0.05) is 17.4 Å². The quantitative estimate of drug-likeness (QED) is 0.929. The second kappa shape index (κ2) is 6.02. The molecule has 18 heavy (non-hydrogen) atoms. The number of benzene rings is 1. The molecular weight excluding hydrogens is 286 g/mol. The van der Waals surface area contributed by atoms with Gasteiger partial charge in [-0.05, 0) is 36.2 Å². The molecule has 0 spiro atoms. The minimum absolute atomic E-state index is 0.00484. The summed E-state index contributed by atoms with van der Waals surface area (Å²) in [6.07, 6.45) is 0.856. The SMILES string of the molecule is CCc1nsc(Sc2ccc([C@H](C)N)cc2Cl)n1. The van der Waals surface area contributed by atoms with Crippen molar-refractivity contribution in [3.05, 3.63) is 34.6 Å². The number of hydrogen-bond donors (Lipinski definition) is 1. The molecule has 2 N–H and O–H groups in total. The van der Waals surface area contributed by atoms with Crippen LogP contribution in [0.25, 0.3) is 0 Å². The van der Waals surface area contributed by atoms with Crippen LogP contribution in [0.1, 0.15) is 31.3 Å². The highest BCUT2D eigenvalue weighted by Gasteiger charge is 2.09. The van der Waals surface area contributed by atoms with Crippen molar-refractivity contribution in [3.63, 3.8) is 0 Å². The fourth-order valence-electron chi connectivity index (χ4n) is 1.40. The Balaban J connectivity index is 2.19. The Hall–Kier alpha value is -0.620. The molecule has 3 nitrogen and oxygen atoms in total. The first-order valence-electron chi connectivity index (χ1n) is 5.65. The van der Waals surface area contributed by atoms with E-state index in [4.69, 9.17) is 17.3 Å². The van der Waals surface area contributed by atoms with Gasteiger partial charge in [0.15, 0.2) is 4.34 Å². The van der Waals surface area contributed by atoms with Crippen molar-refractivity contribution in [2.45, 2.75) is 35.5 Å². The van der Waals surface area contributed by atoms with Gasteiger partial charge in [0.25, 0.3) is 0 Å². The Morgan fingerprint density at radius 1 is 1.50 bits per heavy atom. The van der Waals surface area contributed by atoms with E-state index in [1.165, 1.54) is 11.5 Å². The number of halogens is 1. The number of aromatic nitrogens is 2. The second-order valence-corrected chi connectivity index (χ2v) is 6.36. The van der Waals surface area contributed by atoms with Crippen molar-refractivity contribution in [2.75, 3.05) is 0 Å². The molecule has 0 aliphatic carbocycles. The summed E-state index contributed by atoms with van der Waals surface area (Å²) in [7, 11) is 0. The van der Waals surface area contributed by atoms with Crippen molar-refractivity contribution in [2.24, 2.45) is 5.73 Å². The zero-order chi connectivity index (χ0) is 13.1. The zero-order valence-electron chi connectivity index (χ0n) is 10.2. The van der Waals surface area contributed by atoms with Crippen molar-refractivity contribution in [1.29, 1.82) is 0 Å². The lowest BCUT2D eigenvalue weighted by Gasteiger charge is -2.08. The molecule has 1 heterocycles. The summed E-state index contributed by atoms with van der Waals surface area (Å²) < 4.78 is 5.17. The van der Waals surface area contributed by atoms with E-state index < -0.39 is 0 Å². The summed E-state index contributed by atoms with van der Waals surface area (Å²) in [5, 5.41) is 0.711. The molecule has 0 aliphatic rings. The van der Waals surface area contributed by atoms with Crippen LogP contribution >= 0.6 is 34.9 Å². The third-order valence-electron chi connectivity index (χ3n) is 2.44. The summed E-state index contributed by atoms with van der Waals surface area (Å²) >= 11 is 9.19.